The highest BCUT2D eigenvalue weighted by atomic mass is 19.1. The van der Waals surface area contributed by atoms with Crippen molar-refractivity contribution in [3.05, 3.63) is 17.9 Å². The van der Waals surface area contributed by atoms with E-state index in [0.717, 1.165) is 17.0 Å². The van der Waals surface area contributed by atoms with Crippen LogP contribution in [0.2, 0.25) is 0 Å². The Balaban J connectivity index is 2.42. The largest absolute Gasteiger partial charge is 0.505 e. The van der Waals surface area contributed by atoms with Crippen LogP contribution >= 0.6 is 0 Å². The minimum atomic E-state index is -0.894. The van der Waals surface area contributed by atoms with Crippen LogP contribution in [0.4, 0.5) is 10.1 Å². The van der Waals surface area contributed by atoms with Crippen LogP contribution in [0.25, 0.3) is 0 Å². The Morgan fingerprint density at radius 2 is 2.30 bits per heavy atom. The zero-order valence-corrected chi connectivity index (χ0v) is 11.1. The highest BCUT2D eigenvalue weighted by molar-refractivity contribution is 6.02. The Labute approximate surface area is 114 Å². The van der Waals surface area contributed by atoms with Crippen LogP contribution in [-0.2, 0) is 14.3 Å². The lowest BCUT2D eigenvalue weighted by Crippen LogP contribution is -2.48. The molecule has 1 aliphatic heterocycles. The van der Waals surface area contributed by atoms with E-state index in [1.54, 1.807) is 6.92 Å². The third kappa shape index (κ3) is 2.38. The molecule has 0 aromatic heterocycles. The van der Waals surface area contributed by atoms with Crippen LogP contribution in [-0.4, -0.2) is 36.2 Å². The average Bonchev–Trinajstić information content (AvgIpc) is 2.40. The van der Waals surface area contributed by atoms with E-state index < -0.39 is 29.5 Å². The number of carbonyl (C=O) groups is 2. The van der Waals surface area contributed by atoms with E-state index in [-0.39, 0.29) is 24.7 Å². The van der Waals surface area contributed by atoms with Crippen molar-refractivity contribution in [3.8, 4) is 11.5 Å². The number of fused-ring (bicyclic) bond motifs is 1. The zero-order valence-electron chi connectivity index (χ0n) is 11.1. The second kappa shape index (κ2) is 5.36. The van der Waals surface area contributed by atoms with Crippen molar-refractivity contribution in [2.24, 2.45) is 0 Å². The number of amides is 1. The molecule has 1 atom stereocenters. The number of ether oxygens (including phenoxy) is 2. The second-order valence-corrected chi connectivity index (χ2v) is 4.25. The van der Waals surface area contributed by atoms with Gasteiger partial charge in [0.1, 0.15) is 11.8 Å². The lowest BCUT2D eigenvalue weighted by Gasteiger charge is -2.32. The quantitative estimate of drug-likeness (QED) is 0.844. The van der Waals surface area contributed by atoms with Gasteiger partial charge >= 0.3 is 5.97 Å². The second-order valence-electron chi connectivity index (χ2n) is 4.25. The van der Waals surface area contributed by atoms with Gasteiger partial charge in [0.05, 0.1) is 12.3 Å². The van der Waals surface area contributed by atoms with Gasteiger partial charge in [0.15, 0.2) is 18.2 Å². The molecule has 108 valence electrons. The molecule has 1 unspecified atom stereocenters. The highest BCUT2D eigenvalue weighted by Crippen LogP contribution is 2.37. The number of nitrogens with zero attached hydrogens (tertiary/aromatic N) is 1. The van der Waals surface area contributed by atoms with Crippen molar-refractivity contribution >= 4 is 17.6 Å². The van der Waals surface area contributed by atoms with E-state index in [4.69, 9.17) is 9.47 Å². The number of aromatic hydroxyl groups is 1. The average molecular weight is 283 g/mol. The van der Waals surface area contributed by atoms with Gasteiger partial charge in [-0.15, -0.1) is 0 Å². The topological polar surface area (TPSA) is 76.1 Å². The van der Waals surface area contributed by atoms with Gasteiger partial charge in [-0.2, -0.15) is 0 Å². The van der Waals surface area contributed by atoms with Crippen LogP contribution in [0.3, 0.4) is 0 Å². The molecule has 7 heteroatoms. The first kappa shape index (κ1) is 14.1. The Kier molecular flexibility index (Phi) is 3.78. The number of hydrogen-bond donors (Lipinski definition) is 1. The zero-order chi connectivity index (χ0) is 14.9. The molecule has 1 amide bonds. The van der Waals surface area contributed by atoms with Gasteiger partial charge in [-0.1, -0.05) is 0 Å². The molecule has 1 aliphatic rings. The Morgan fingerprint density at radius 1 is 1.60 bits per heavy atom. The Morgan fingerprint density at radius 3 is 2.95 bits per heavy atom. The molecule has 6 nitrogen and oxygen atoms in total. The molecular formula is C13H14FNO5. The fraction of sp³-hybridized carbons (Fsp3) is 0.385. The van der Waals surface area contributed by atoms with Crippen LogP contribution < -0.4 is 9.64 Å². The number of hydrogen-bond acceptors (Lipinski definition) is 5. The number of rotatable bonds is 3. The predicted octanol–water partition coefficient (Wildman–Crippen LogP) is 1.21. The van der Waals surface area contributed by atoms with E-state index in [1.807, 2.05) is 0 Å². The molecule has 0 saturated heterocycles. The smallest absolute Gasteiger partial charge is 0.328 e. The molecule has 2 rings (SSSR count). The van der Waals surface area contributed by atoms with E-state index in [9.17, 15) is 19.1 Å². The van der Waals surface area contributed by atoms with Crippen molar-refractivity contribution in [1.29, 1.82) is 0 Å². The van der Waals surface area contributed by atoms with Gasteiger partial charge in [0.2, 0.25) is 0 Å². The number of carbonyl (C=O) groups excluding carboxylic acids is 2. The van der Waals surface area contributed by atoms with Gasteiger partial charge in [-0.3, -0.25) is 9.69 Å². The van der Waals surface area contributed by atoms with Crippen molar-refractivity contribution in [1.82, 2.24) is 0 Å². The van der Waals surface area contributed by atoms with Crippen LogP contribution in [0.5, 0.6) is 11.5 Å². The molecule has 1 aromatic carbocycles. The van der Waals surface area contributed by atoms with Crippen molar-refractivity contribution in [3.63, 3.8) is 0 Å². The van der Waals surface area contributed by atoms with Gasteiger partial charge in [0.25, 0.3) is 5.91 Å². The minimum absolute atomic E-state index is 0.0936. The van der Waals surface area contributed by atoms with Crippen molar-refractivity contribution in [2.45, 2.75) is 19.9 Å². The summed E-state index contributed by atoms with van der Waals surface area (Å²) in [5.74, 6) is -2.44. The summed E-state index contributed by atoms with van der Waals surface area (Å²) in [7, 11) is 0. The normalized spacial score (nSPS) is 15.3. The summed E-state index contributed by atoms with van der Waals surface area (Å²) in [4.78, 5) is 24.8. The lowest BCUT2D eigenvalue weighted by atomic mass is 10.1. The lowest BCUT2D eigenvalue weighted by molar-refractivity contribution is -0.145. The van der Waals surface area contributed by atoms with Gasteiger partial charge in [-0.25, -0.2) is 9.18 Å². The maximum Gasteiger partial charge on any atom is 0.328 e. The fourth-order valence-corrected chi connectivity index (χ4v) is 1.97. The molecule has 0 saturated carbocycles. The number of esters is 1. The number of phenolic OH excluding ortho intramolecular Hbond substituents is 1. The molecule has 1 aromatic rings. The monoisotopic (exact) mass is 283 g/mol. The maximum absolute atomic E-state index is 13.3. The summed E-state index contributed by atoms with van der Waals surface area (Å²) < 4.78 is 23.2. The first-order chi connectivity index (χ1) is 9.45. The van der Waals surface area contributed by atoms with Crippen molar-refractivity contribution in [2.75, 3.05) is 18.1 Å². The van der Waals surface area contributed by atoms with E-state index >= 15 is 0 Å². The van der Waals surface area contributed by atoms with Crippen LogP contribution in [0, 0.1) is 5.82 Å². The highest BCUT2D eigenvalue weighted by Gasteiger charge is 2.34. The first-order valence-corrected chi connectivity index (χ1v) is 6.09. The third-order valence-corrected chi connectivity index (χ3v) is 2.92. The Hall–Kier alpha value is -2.31. The number of benzene rings is 1. The molecule has 1 N–H and O–H groups in total. The van der Waals surface area contributed by atoms with Gasteiger partial charge < -0.3 is 14.6 Å². The molecule has 0 radical (unpaired) electrons. The summed E-state index contributed by atoms with van der Waals surface area (Å²) in [5.41, 5.74) is 0.140. The van der Waals surface area contributed by atoms with Gasteiger partial charge in [-0.05, 0) is 13.8 Å². The van der Waals surface area contributed by atoms with Crippen LogP contribution in [0.1, 0.15) is 13.8 Å². The predicted molar refractivity (Wildman–Crippen MR) is 67.1 cm³/mol. The first-order valence-electron chi connectivity index (χ1n) is 6.09. The Bertz CT molecular complexity index is 560. The summed E-state index contributed by atoms with van der Waals surface area (Å²) in [6.45, 7) is 3.02. The summed E-state index contributed by atoms with van der Waals surface area (Å²) in [5, 5.41) is 9.42. The van der Waals surface area contributed by atoms with Crippen molar-refractivity contribution < 1.29 is 28.6 Å². The van der Waals surface area contributed by atoms with E-state index in [1.165, 1.54) is 6.92 Å². The number of halogens is 1. The fourth-order valence-electron chi connectivity index (χ4n) is 1.97. The SMILES string of the molecule is CCOC(=O)C(C)N1C(=O)COc2cc(F)c(O)cc21. The number of phenols is 1. The minimum Gasteiger partial charge on any atom is -0.505 e. The molecular weight excluding hydrogens is 269 g/mol. The molecule has 0 aliphatic carbocycles. The molecule has 1 heterocycles. The summed E-state index contributed by atoms with van der Waals surface area (Å²) in [6, 6.07) is 1.13. The van der Waals surface area contributed by atoms with Gasteiger partial charge in [0, 0.05) is 12.1 Å². The van der Waals surface area contributed by atoms with E-state index in [2.05, 4.69) is 0 Å². The third-order valence-electron chi connectivity index (χ3n) is 2.92. The molecule has 0 bridgehead atoms. The van der Waals surface area contributed by atoms with Crippen LogP contribution in [0.15, 0.2) is 12.1 Å². The summed E-state index contributed by atoms with van der Waals surface area (Å²) >= 11 is 0. The summed E-state index contributed by atoms with van der Waals surface area (Å²) in [6.07, 6.45) is 0. The number of anilines is 1. The van der Waals surface area contributed by atoms with E-state index in [0.29, 0.717) is 0 Å². The molecule has 0 fully saturated rings. The maximum atomic E-state index is 13.3. The molecule has 0 spiro atoms. The standard InChI is InChI=1S/C13H14FNO5/c1-3-19-13(18)7(2)15-9-5-10(16)8(14)4-11(9)20-6-12(15)17/h4-5,7,16H,3,6H2,1-2H3. The molecule has 20 heavy (non-hydrogen) atoms.